The van der Waals surface area contributed by atoms with Crippen molar-refractivity contribution in [2.24, 2.45) is 0 Å². The summed E-state index contributed by atoms with van der Waals surface area (Å²) >= 11 is 0. The number of hydrogen-bond acceptors (Lipinski definition) is 6. The lowest BCUT2D eigenvalue weighted by molar-refractivity contribution is 0.103. The van der Waals surface area contributed by atoms with Crippen LogP contribution in [0.5, 0.6) is 0 Å². The lowest BCUT2D eigenvalue weighted by Gasteiger charge is -2.02. The zero-order valence-corrected chi connectivity index (χ0v) is 18.2. The second-order valence-electron chi connectivity index (χ2n) is 7.14. The van der Waals surface area contributed by atoms with E-state index in [1.165, 1.54) is 42.5 Å². The Bertz CT molecular complexity index is 1440. The van der Waals surface area contributed by atoms with Gasteiger partial charge in [-0.1, -0.05) is 48.9 Å². The summed E-state index contributed by atoms with van der Waals surface area (Å²) in [6.07, 6.45) is 4.73. The van der Waals surface area contributed by atoms with E-state index in [0.717, 1.165) is 0 Å². The zero-order valence-electron chi connectivity index (χ0n) is 16.5. The maximum atomic E-state index is 12.7. The number of sulfone groups is 2. The largest absolute Gasteiger partial charge is 0.288 e. The van der Waals surface area contributed by atoms with E-state index in [1.807, 2.05) is 6.92 Å². The molecule has 8 heteroatoms. The third kappa shape index (κ3) is 3.32. The Morgan fingerprint density at radius 2 is 1.26 bits per heavy atom. The van der Waals surface area contributed by atoms with Crippen molar-refractivity contribution in [1.29, 1.82) is 0 Å². The van der Waals surface area contributed by atoms with Crippen LogP contribution >= 0.6 is 0 Å². The molecule has 2 aromatic rings. The van der Waals surface area contributed by atoms with Crippen molar-refractivity contribution >= 4 is 31.2 Å². The third-order valence-corrected chi connectivity index (χ3v) is 9.04. The molecule has 158 valence electrons. The molecule has 2 aliphatic rings. The average Bonchev–Trinajstić information content (AvgIpc) is 3.07. The molecule has 2 heterocycles. The Balaban J connectivity index is 1.66. The minimum absolute atomic E-state index is 0.00388. The van der Waals surface area contributed by atoms with Gasteiger partial charge < -0.3 is 0 Å². The van der Waals surface area contributed by atoms with Crippen molar-refractivity contribution in [3.8, 4) is 0 Å². The molecule has 0 aliphatic carbocycles. The van der Waals surface area contributed by atoms with Gasteiger partial charge >= 0.3 is 0 Å². The third-order valence-electron chi connectivity index (χ3n) is 5.34. The van der Waals surface area contributed by atoms with Gasteiger partial charge in [0.15, 0.2) is 0 Å². The number of allylic oxidation sites excluding steroid dienone is 6. The van der Waals surface area contributed by atoms with Gasteiger partial charge in [0.2, 0.25) is 31.2 Å². The fourth-order valence-electron chi connectivity index (χ4n) is 3.64. The summed E-state index contributed by atoms with van der Waals surface area (Å²) in [5.74, 6) is -1.11. The van der Waals surface area contributed by atoms with Gasteiger partial charge in [0.1, 0.15) is 9.81 Å². The number of rotatable bonds is 4. The molecular weight excluding hydrogens is 436 g/mol. The van der Waals surface area contributed by atoms with Gasteiger partial charge in [-0.25, -0.2) is 16.8 Å². The summed E-state index contributed by atoms with van der Waals surface area (Å²) in [7, 11) is -7.77. The second-order valence-corrected chi connectivity index (χ2v) is 10.9. The Labute approximate surface area is 180 Å². The molecule has 0 aromatic heterocycles. The smallest absolute Gasteiger partial charge is 0.211 e. The molecule has 0 fully saturated rings. The predicted molar refractivity (Wildman–Crippen MR) is 115 cm³/mol. The molecule has 0 unspecified atom stereocenters. The first kappa shape index (κ1) is 21.1. The van der Waals surface area contributed by atoms with Gasteiger partial charge in [0.05, 0.1) is 9.79 Å². The van der Waals surface area contributed by atoms with Crippen LogP contribution in [0.3, 0.4) is 0 Å². The molecule has 0 spiro atoms. The molecule has 0 amide bonds. The maximum Gasteiger partial charge on any atom is 0.211 e. The Morgan fingerprint density at radius 3 is 1.77 bits per heavy atom. The van der Waals surface area contributed by atoms with Crippen LogP contribution in [0.4, 0.5) is 0 Å². The highest BCUT2D eigenvalue weighted by atomic mass is 32.2. The van der Waals surface area contributed by atoms with Gasteiger partial charge in [0, 0.05) is 11.1 Å². The molecule has 0 bridgehead atoms. The van der Waals surface area contributed by atoms with Crippen molar-refractivity contribution < 1.29 is 26.4 Å². The van der Waals surface area contributed by atoms with E-state index in [2.05, 4.69) is 0 Å². The molecule has 6 nitrogen and oxygen atoms in total. The summed E-state index contributed by atoms with van der Waals surface area (Å²) in [6.45, 7) is 1.82. The van der Waals surface area contributed by atoms with E-state index in [4.69, 9.17) is 0 Å². The van der Waals surface area contributed by atoms with Crippen molar-refractivity contribution in [2.75, 3.05) is 0 Å². The van der Waals surface area contributed by atoms with Crippen LogP contribution in [-0.4, -0.2) is 28.4 Å². The molecule has 2 aliphatic heterocycles. The van der Waals surface area contributed by atoms with Gasteiger partial charge in [-0.3, -0.25) is 9.59 Å². The van der Waals surface area contributed by atoms with Crippen LogP contribution in [0, 0.1) is 0 Å². The monoisotopic (exact) mass is 454 g/mol. The molecule has 4 rings (SSSR count). The van der Waals surface area contributed by atoms with Gasteiger partial charge in [-0.15, -0.1) is 0 Å². The highest BCUT2D eigenvalue weighted by Gasteiger charge is 2.39. The van der Waals surface area contributed by atoms with E-state index in [0.29, 0.717) is 12.0 Å². The SMILES string of the molecule is CCC(=CC=C1C(=O)c2ccccc2S1(=O)=O)CC=C1C(=O)c2ccccc2S1(=O)=O. The van der Waals surface area contributed by atoms with Crippen LogP contribution in [0.15, 0.2) is 91.9 Å². The normalized spacial score (nSPS) is 21.5. The molecule has 0 N–H and O–H groups in total. The van der Waals surface area contributed by atoms with Crippen LogP contribution in [-0.2, 0) is 19.7 Å². The van der Waals surface area contributed by atoms with Crippen LogP contribution in [0.25, 0.3) is 0 Å². The zero-order chi connectivity index (χ0) is 22.4. The molecule has 31 heavy (non-hydrogen) atoms. The van der Waals surface area contributed by atoms with Gasteiger partial charge in [-0.2, -0.15) is 0 Å². The maximum absolute atomic E-state index is 12.7. The summed E-state index contributed by atoms with van der Waals surface area (Å²) in [4.78, 5) is 24.4. The van der Waals surface area contributed by atoms with E-state index >= 15 is 0 Å². The first-order valence-electron chi connectivity index (χ1n) is 9.57. The van der Waals surface area contributed by atoms with Crippen LogP contribution < -0.4 is 0 Å². The minimum atomic E-state index is -3.89. The van der Waals surface area contributed by atoms with Crippen LogP contribution in [0.1, 0.15) is 40.5 Å². The number of fused-ring (bicyclic) bond motifs is 2. The number of carbonyl (C=O) groups excluding carboxylic acids is 2. The molecule has 0 saturated carbocycles. The van der Waals surface area contributed by atoms with E-state index in [9.17, 15) is 26.4 Å². The standard InChI is InChI=1S/C23H18O6S2/c1-2-15(11-13-20-22(24)16-7-3-5-9-18(16)30(20,26)27)12-14-21-23(25)17-8-4-6-10-19(17)31(21,28)29/h3-11,13-14H,2,12H2,1H3. The lowest BCUT2D eigenvalue weighted by atomic mass is 10.1. The van der Waals surface area contributed by atoms with E-state index in [1.54, 1.807) is 24.3 Å². The number of benzene rings is 2. The highest BCUT2D eigenvalue weighted by Crippen LogP contribution is 2.35. The van der Waals surface area contributed by atoms with Crippen molar-refractivity contribution in [2.45, 2.75) is 29.6 Å². The Kier molecular flexibility index (Phi) is 5.15. The Hall–Kier alpha value is -3.10. The fourth-order valence-corrected chi connectivity index (χ4v) is 6.79. The summed E-state index contributed by atoms with van der Waals surface area (Å²) in [6, 6.07) is 12.1. The fraction of sp³-hybridized carbons (Fsp3) is 0.130. The number of hydrogen-bond donors (Lipinski definition) is 0. The minimum Gasteiger partial charge on any atom is -0.288 e. The van der Waals surface area contributed by atoms with Crippen molar-refractivity contribution in [1.82, 2.24) is 0 Å². The predicted octanol–water partition coefficient (Wildman–Crippen LogP) is 3.82. The number of ketones is 2. The summed E-state index contributed by atoms with van der Waals surface area (Å²) in [5.41, 5.74) is 0.971. The number of Topliss-reactive ketones (excluding diaryl/α,β-unsaturated/α-hetero) is 2. The molecule has 0 saturated heterocycles. The van der Waals surface area contributed by atoms with Crippen LogP contribution in [0.2, 0.25) is 0 Å². The van der Waals surface area contributed by atoms with E-state index in [-0.39, 0.29) is 37.1 Å². The molecule has 0 radical (unpaired) electrons. The first-order valence-corrected chi connectivity index (χ1v) is 12.5. The molecule has 2 aromatic carbocycles. The van der Waals surface area contributed by atoms with Crippen molar-refractivity contribution in [3.63, 3.8) is 0 Å². The Morgan fingerprint density at radius 1 is 0.774 bits per heavy atom. The van der Waals surface area contributed by atoms with Gasteiger partial charge in [-0.05, 0) is 43.2 Å². The topological polar surface area (TPSA) is 102 Å². The van der Waals surface area contributed by atoms with E-state index < -0.39 is 31.2 Å². The highest BCUT2D eigenvalue weighted by molar-refractivity contribution is 7.97. The second kappa shape index (κ2) is 7.55. The molecule has 0 atom stereocenters. The first-order chi connectivity index (χ1) is 14.7. The summed E-state index contributed by atoms with van der Waals surface area (Å²) < 4.78 is 50.7. The van der Waals surface area contributed by atoms with Crippen molar-refractivity contribution in [3.05, 3.63) is 93.3 Å². The quantitative estimate of drug-likeness (QED) is 0.651. The number of carbonyl (C=O) groups is 2. The molecular formula is C23H18O6S2. The lowest BCUT2D eigenvalue weighted by Crippen LogP contribution is -2.03. The average molecular weight is 455 g/mol. The summed E-state index contributed by atoms with van der Waals surface area (Å²) in [5, 5.41) is 0. The van der Waals surface area contributed by atoms with Gasteiger partial charge in [0.25, 0.3) is 0 Å².